The Bertz CT molecular complexity index is 2900. The van der Waals surface area contributed by atoms with Gasteiger partial charge in [-0.25, -0.2) is 0 Å². The van der Waals surface area contributed by atoms with Gasteiger partial charge in [0.05, 0.1) is 11.0 Å². The number of fused-ring (bicyclic) bond motifs is 10. The Balaban J connectivity index is 1.03. The fraction of sp³-hybridized carbons (Fsp3) is 0.0455. The van der Waals surface area contributed by atoms with Crippen LogP contribution in [0.25, 0.3) is 106 Å². The number of aromatic nitrogens is 2. The van der Waals surface area contributed by atoms with Crippen LogP contribution in [0.15, 0.2) is 132 Å². The van der Waals surface area contributed by atoms with Crippen LogP contribution in [0.5, 0.6) is 0 Å². The van der Waals surface area contributed by atoms with Crippen molar-refractivity contribution in [1.82, 2.24) is 9.13 Å². The zero-order valence-corrected chi connectivity index (χ0v) is 30.5. The molecular weight excluding hydrogens is 685 g/mol. The summed E-state index contributed by atoms with van der Waals surface area (Å²) >= 11 is 7.35. The number of hydrogen-bond donors (Lipinski definition) is 0. The maximum Gasteiger partial charge on any atom is 0.0568 e. The summed E-state index contributed by atoms with van der Waals surface area (Å²) in [6.45, 7) is 0. The maximum atomic E-state index is 2.42. The van der Waals surface area contributed by atoms with Crippen LogP contribution in [0.2, 0.25) is 0 Å². The second kappa shape index (κ2) is 10.8. The monoisotopic (exact) mass is 712 g/mol. The summed E-state index contributed by atoms with van der Waals surface area (Å²) in [5, 5.41) is 14.7. The Labute approximate surface area is 304 Å². The molecule has 238 valence electrons. The molecule has 0 N–H and O–H groups in total. The van der Waals surface area contributed by atoms with Crippen LogP contribution >= 0.6 is 45.3 Å². The van der Waals surface area contributed by atoms with E-state index in [0.29, 0.717) is 0 Å². The molecule has 0 aliphatic heterocycles. The molecule has 0 unspecified atom stereocenters. The summed E-state index contributed by atoms with van der Waals surface area (Å²) in [6, 6.07) is 45.8. The van der Waals surface area contributed by atoms with E-state index in [9.17, 15) is 0 Å². The third-order valence-electron chi connectivity index (χ3n) is 10.4. The van der Waals surface area contributed by atoms with E-state index < -0.39 is 0 Å². The van der Waals surface area contributed by atoms with Crippen LogP contribution in [0.1, 0.15) is 0 Å². The predicted molar refractivity (Wildman–Crippen MR) is 223 cm³/mol. The summed E-state index contributed by atoms with van der Waals surface area (Å²) in [5.74, 6) is 0. The summed E-state index contributed by atoms with van der Waals surface area (Å²) in [4.78, 5) is 7.95. The van der Waals surface area contributed by atoms with Gasteiger partial charge in [-0.15, -0.1) is 45.3 Å². The molecule has 6 heterocycles. The van der Waals surface area contributed by atoms with E-state index in [-0.39, 0.29) is 0 Å². The molecule has 11 aromatic rings. The predicted octanol–water partition coefficient (Wildman–Crippen LogP) is 14.2. The first kappa shape index (κ1) is 28.8. The lowest BCUT2D eigenvalue weighted by atomic mass is 10.0. The third-order valence-corrected chi connectivity index (χ3v) is 14.8. The van der Waals surface area contributed by atoms with Gasteiger partial charge >= 0.3 is 0 Å². The highest BCUT2D eigenvalue weighted by atomic mass is 32.1. The number of hydrogen-bond acceptors (Lipinski definition) is 4. The molecule has 0 amide bonds. The number of nitrogens with zero attached hydrogens (tertiary/aromatic N) is 2. The molecule has 0 spiro atoms. The Morgan fingerprint density at radius 3 is 1.26 bits per heavy atom. The third kappa shape index (κ3) is 4.17. The minimum Gasteiger partial charge on any atom is -0.343 e. The Kier molecular flexibility index (Phi) is 6.20. The van der Waals surface area contributed by atoms with Crippen molar-refractivity contribution < 1.29 is 0 Å². The molecule has 0 fully saturated rings. The normalized spacial score (nSPS) is 12.2. The number of thiophene rings is 4. The standard InChI is InChI=1S/C44H28N2S4/c1-45-35-23-34-32-14-8-26-22-28(38-16-18-42(50-38)40-6-4-20-48-40)10-12-30(26)44(32)46(2)36(34)24-33(35)31-13-7-25-21-27(9-11-29(25)43(31)45)37-15-17-41(49-37)39-5-3-19-47-39/h3-24H,1-2H3. The van der Waals surface area contributed by atoms with Gasteiger partial charge in [-0.3, -0.25) is 0 Å². The van der Waals surface area contributed by atoms with Gasteiger partial charge in [0.25, 0.3) is 0 Å². The van der Waals surface area contributed by atoms with Crippen molar-refractivity contribution in [3.63, 3.8) is 0 Å². The number of benzene rings is 5. The smallest absolute Gasteiger partial charge is 0.0568 e. The lowest BCUT2D eigenvalue weighted by molar-refractivity contribution is 1.01. The van der Waals surface area contributed by atoms with Crippen LogP contribution in [-0.2, 0) is 14.1 Å². The Morgan fingerprint density at radius 1 is 0.380 bits per heavy atom. The summed E-state index contributed by atoms with van der Waals surface area (Å²) in [7, 11) is 4.46. The lowest BCUT2D eigenvalue weighted by Gasteiger charge is -2.06. The number of aryl methyl sites for hydroxylation is 2. The molecule has 6 aromatic heterocycles. The molecule has 11 rings (SSSR count). The van der Waals surface area contributed by atoms with E-state index in [1.165, 1.54) is 106 Å². The molecule has 5 aromatic carbocycles. The molecule has 0 saturated carbocycles. The zero-order valence-electron chi connectivity index (χ0n) is 27.2. The Hall–Kier alpha value is -4.98. The minimum atomic E-state index is 1.27. The van der Waals surface area contributed by atoms with E-state index in [4.69, 9.17) is 0 Å². The second-order valence-electron chi connectivity index (χ2n) is 13.1. The Morgan fingerprint density at radius 2 is 0.820 bits per heavy atom. The van der Waals surface area contributed by atoms with Crippen molar-refractivity contribution in [3.05, 3.63) is 132 Å². The van der Waals surface area contributed by atoms with Gasteiger partial charge in [0, 0.05) is 86.7 Å². The van der Waals surface area contributed by atoms with Gasteiger partial charge in [0.1, 0.15) is 0 Å². The van der Waals surface area contributed by atoms with Crippen LogP contribution in [0.4, 0.5) is 0 Å². The quantitative estimate of drug-likeness (QED) is 0.172. The van der Waals surface area contributed by atoms with E-state index in [2.05, 4.69) is 155 Å². The first-order valence-electron chi connectivity index (χ1n) is 16.7. The van der Waals surface area contributed by atoms with Crippen molar-refractivity contribution in [3.8, 4) is 40.4 Å². The lowest BCUT2D eigenvalue weighted by Crippen LogP contribution is -1.89. The topological polar surface area (TPSA) is 9.86 Å². The van der Waals surface area contributed by atoms with Crippen LogP contribution in [0.3, 0.4) is 0 Å². The SMILES string of the molecule is Cn1c2cc3c4ccc5cc(-c6ccc(-c7cccs7)s6)ccc5c4n(C)c3cc2c2ccc3cc(-c4ccc(-c5cccs5)s4)ccc3c21. The summed E-state index contributed by atoms with van der Waals surface area (Å²) in [5.41, 5.74) is 7.68. The fourth-order valence-electron chi connectivity index (χ4n) is 7.98. The van der Waals surface area contributed by atoms with Crippen molar-refractivity contribution >= 4 is 111 Å². The van der Waals surface area contributed by atoms with Gasteiger partial charge < -0.3 is 9.13 Å². The van der Waals surface area contributed by atoms with Crippen LogP contribution < -0.4 is 0 Å². The van der Waals surface area contributed by atoms with Gasteiger partial charge in [0.15, 0.2) is 0 Å². The van der Waals surface area contributed by atoms with Crippen LogP contribution in [-0.4, -0.2) is 9.13 Å². The molecule has 0 aliphatic carbocycles. The highest BCUT2D eigenvalue weighted by Gasteiger charge is 2.18. The first-order chi connectivity index (χ1) is 24.6. The van der Waals surface area contributed by atoms with Gasteiger partial charge in [-0.2, -0.15) is 0 Å². The fourth-order valence-corrected chi connectivity index (χ4v) is 11.7. The molecule has 0 radical (unpaired) electrons. The molecule has 0 saturated heterocycles. The molecule has 50 heavy (non-hydrogen) atoms. The second-order valence-corrected chi connectivity index (χ2v) is 17.1. The summed E-state index contributed by atoms with van der Waals surface area (Å²) < 4.78 is 4.81. The van der Waals surface area contributed by atoms with Gasteiger partial charge in [-0.1, -0.05) is 60.7 Å². The highest BCUT2D eigenvalue weighted by Crippen LogP contribution is 2.43. The molecule has 2 nitrogen and oxygen atoms in total. The number of rotatable bonds is 4. The van der Waals surface area contributed by atoms with Crippen molar-refractivity contribution in [2.45, 2.75) is 0 Å². The van der Waals surface area contributed by atoms with E-state index in [1.54, 1.807) is 22.7 Å². The first-order valence-corrected chi connectivity index (χ1v) is 20.1. The van der Waals surface area contributed by atoms with E-state index >= 15 is 0 Å². The summed E-state index contributed by atoms with van der Waals surface area (Å²) in [6.07, 6.45) is 0. The van der Waals surface area contributed by atoms with Crippen molar-refractivity contribution in [1.29, 1.82) is 0 Å². The molecule has 6 heteroatoms. The average Bonchev–Trinajstić information content (AvgIpc) is 4.00. The van der Waals surface area contributed by atoms with Gasteiger partial charge in [0.2, 0.25) is 0 Å². The zero-order chi connectivity index (χ0) is 33.1. The molecular formula is C44H28N2S4. The van der Waals surface area contributed by atoms with E-state index in [1.807, 2.05) is 22.7 Å². The largest absolute Gasteiger partial charge is 0.343 e. The van der Waals surface area contributed by atoms with Crippen molar-refractivity contribution in [2.24, 2.45) is 14.1 Å². The molecule has 0 bridgehead atoms. The molecule has 0 aliphatic rings. The van der Waals surface area contributed by atoms with Gasteiger partial charge in [-0.05, 0) is 93.3 Å². The molecule has 0 atom stereocenters. The van der Waals surface area contributed by atoms with Crippen LogP contribution in [0, 0.1) is 0 Å². The maximum absolute atomic E-state index is 2.42. The van der Waals surface area contributed by atoms with Crippen molar-refractivity contribution in [2.75, 3.05) is 0 Å². The van der Waals surface area contributed by atoms with E-state index in [0.717, 1.165) is 0 Å². The highest BCUT2D eigenvalue weighted by molar-refractivity contribution is 7.23. The average molecular weight is 713 g/mol. The minimum absolute atomic E-state index is 1.27.